The largest absolute Gasteiger partial charge is 0.496 e. The van der Waals surface area contributed by atoms with E-state index in [0.717, 1.165) is 36.8 Å². The van der Waals surface area contributed by atoms with Crippen molar-refractivity contribution >= 4 is 34.2 Å². The van der Waals surface area contributed by atoms with Crippen molar-refractivity contribution in [3.63, 3.8) is 0 Å². The number of thiazole rings is 1. The van der Waals surface area contributed by atoms with Crippen LogP contribution < -0.4 is 15.0 Å². The number of carboxylic acids is 1. The Morgan fingerprint density at radius 1 is 1.14 bits per heavy atom. The molecular formula is C29H34F3N7O4S. The van der Waals surface area contributed by atoms with Gasteiger partial charge in [-0.05, 0) is 44.0 Å². The summed E-state index contributed by atoms with van der Waals surface area (Å²) >= 11 is 1.23. The van der Waals surface area contributed by atoms with Crippen molar-refractivity contribution in [3.05, 3.63) is 46.7 Å². The van der Waals surface area contributed by atoms with E-state index in [-0.39, 0.29) is 28.7 Å². The molecule has 0 saturated carbocycles. The van der Waals surface area contributed by atoms with Gasteiger partial charge in [0.05, 0.1) is 37.3 Å². The lowest BCUT2D eigenvalue weighted by Crippen LogP contribution is -2.48. The molecule has 44 heavy (non-hydrogen) atoms. The summed E-state index contributed by atoms with van der Waals surface area (Å²) in [5.41, 5.74) is -0.173. The van der Waals surface area contributed by atoms with Crippen LogP contribution in [-0.2, 0) is 17.5 Å². The number of carbonyl (C=O) groups excluding carboxylic acids is 1. The number of anilines is 2. The van der Waals surface area contributed by atoms with Gasteiger partial charge < -0.3 is 14.7 Å². The van der Waals surface area contributed by atoms with E-state index >= 15 is 0 Å². The number of hydrogen-bond donors (Lipinski definition) is 2. The van der Waals surface area contributed by atoms with Gasteiger partial charge in [0.1, 0.15) is 17.3 Å². The quantitative estimate of drug-likeness (QED) is 0.331. The van der Waals surface area contributed by atoms with E-state index in [4.69, 9.17) is 9.84 Å². The SMILES string of the molecule is CC[C@@H]1CCCN1Cc1sc(NC(=O)c2cnc(N3CCN(CC(=O)O)CC3)cn2)nc1-c1ccc(OC)c(C(F)(F)F)c1. The third-order valence-electron chi connectivity index (χ3n) is 7.94. The Kier molecular flexibility index (Phi) is 9.65. The average Bonchev–Trinajstić information content (AvgIpc) is 3.63. The molecular weight excluding hydrogens is 599 g/mol. The highest BCUT2D eigenvalue weighted by Crippen LogP contribution is 2.41. The number of ether oxygens (including phenoxy) is 1. The summed E-state index contributed by atoms with van der Waals surface area (Å²) in [5.74, 6) is -1.11. The number of aromatic nitrogens is 3. The van der Waals surface area contributed by atoms with E-state index in [9.17, 15) is 22.8 Å². The number of rotatable bonds is 10. The van der Waals surface area contributed by atoms with E-state index in [0.29, 0.717) is 50.3 Å². The van der Waals surface area contributed by atoms with Crippen LogP contribution in [0.5, 0.6) is 5.75 Å². The number of halogens is 3. The number of nitrogens with zero attached hydrogens (tertiary/aromatic N) is 6. The average molecular weight is 634 g/mol. The smallest absolute Gasteiger partial charge is 0.419 e. The lowest BCUT2D eigenvalue weighted by atomic mass is 10.1. The Bertz CT molecular complexity index is 1480. The second-order valence-corrected chi connectivity index (χ2v) is 11.8. The van der Waals surface area contributed by atoms with Gasteiger partial charge in [0.2, 0.25) is 0 Å². The number of alkyl halides is 3. The van der Waals surface area contributed by atoms with Crippen LogP contribution in [0.15, 0.2) is 30.6 Å². The highest BCUT2D eigenvalue weighted by atomic mass is 32.1. The van der Waals surface area contributed by atoms with Crippen LogP contribution in [0.1, 0.15) is 47.1 Å². The van der Waals surface area contributed by atoms with Crippen molar-refractivity contribution in [2.75, 3.05) is 56.6 Å². The first kappa shape index (κ1) is 31.6. The summed E-state index contributed by atoms with van der Waals surface area (Å²) in [6, 6.07) is 4.24. The molecule has 15 heteroatoms. The van der Waals surface area contributed by atoms with Crippen molar-refractivity contribution in [1.29, 1.82) is 0 Å². The summed E-state index contributed by atoms with van der Waals surface area (Å²) < 4.78 is 46.4. The minimum atomic E-state index is -4.62. The van der Waals surface area contributed by atoms with Gasteiger partial charge in [-0.1, -0.05) is 18.3 Å². The number of benzene rings is 1. The van der Waals surface area contributed by atoms with E-state index in [2.05, 4.69) is 32.1 Å². The molecule has 236 valence electrons. The molecule has 2 aliphatic heterocycles. The summed E-state index contributed by atoms with van der Waals surface area (Å²) in [6.45, 7) is 5.78. The highest BCUT2D eigenvalue weighted by Gasteiger charge is 2.35. The van der Waals surface area contributed by atoms with Crippen LogP contribution in [0.2, 0.25) is 0 Å². The van der Waals surface area contributed by atoms with Gasteiger partial charge in [0.25, 0.3) is 5.91 Å². The first-order chi connectivity index (χ1) is 21.0. The minimum absolute atomic E-state index is 0.0159. The molecule has 1 atom stereocenters. The molecule has 2 saturated heterocycles. The maximum atomic E-state index is 13.8. The molecule has 0 unspecified atom stereocenters. The normalized spacial score (nSPS) is 18.0. The number of hydrogen-bond acceptors (Lipinski definition) is 10. The Labute approximate surface area is 256 Å². The number of carboxylic acid groups (broad SMARTS) is 1. The molecule has 11 nitrogen and oxygen atoms in total. The van der Waals surface area contributed by atoms with E-state index in [1.54, 1.807) is 6.07 Å². The zero-order valence-electron chi connectivity index (χ0n) is 24.4. The van der Waals surface area contributed by atoms with Crippen LogP contribution in [0.3, 0.4) is 0 Å². The molecule has 2 aromatic heterocycles. The number of nitrogens with one attached hydrogen (secondary N) is 1. The van der Waals surface area contributed by atoms with Gasteiger partial charge in [-0.2, -0.15) is 13.2 Å². The first-order valence-electron chi connectivity index (χ1n) is 14.4. The summed E-state index contributed by atoms with van der Waals surface area (Å²) in [4.78, 5) is 44.2. The van der Waals surface area contributed by atoms with Crippen molar-refractivity contribution in [3.8, 4) is 17.0 Å². The third-order valence-corrected chi connectivity index (χ3v) is 8.89. The molecule has 2 N–H and O–H groups in total. The number of likely N-dealkylation sites (tertiary alicyclic amines) is 1. The Hall–Kier alpha value is -3.82. The van der Waals surface area contributed by atoms with Crippen molar-refractivity contribution < 1.29 is 32.6 Å². The second-order valence-electron chi connectivity index (χ2n) is 10.7. The molecule has 0 radical (unpaired) electrons. The van der Waals surface area contributed by atoms with Crippen LogP contribution in [0, 0.1) is 0 Å². The molecule has 0 bridgehead atoms. The van der Waals surface area contributed by atoms with E-state index in [1.165, 1.54) is 36.9 Å². The predicted octanol–water partition coefficient (Wildman–Crippen LogP) is 4.46. The van der Waals surface area contributed by atoms with Gasteiger partial charge in [-0.25, -0.2) is 15.0 Å². The Morgan fingerprint density at radius 2 is 1.91 bits per heavy atom. The van der Waals surface area contributed by atoms with Gasteiger partial charge in [0, 0.05) is 49.2 Å². The Morgan fingerprint density at radius 3 is 2.55 bits per heavy atom. The Balaban J connectivity index is 1.35. The maximum absolute atomic E-state index is 13.8. The second kappa shape index (κ2) is 13.4. The lowest BCUT2D eigenvalue weighted by Gasteiger charge is -2.34. The zero-order chi connectivity index (χ0) is 31.4. The van der Waals surface area contributed by atoms with E-state index in [1.807, 2.05) is 9.80 Å². The number of methoxy groups -OCH3 is 1. The summed E-state index contributed by atoms with van der Waals surface area (Å²) in [6.07, 6.45) is 1.30. The molecule has 0 aliphatic carbocycles. The fourth-order valence-corrected chi connectivity index (χ4v) is 6.66. The van der Waals surface area contributed by atoms with Crippen molar-refractivity contribution in [2.45, 2.75) is 44.9 Å². The predicted molar refractivity (Wildman–Crippen MR) is 159 cm³/mol. The topological polar surface area (TPSA) is 124 Å². The maximum Gasteiger partial charge on any atom is 0.419 e. The molecule has 2 fully saturated rings. The van der Waals surface area contributed by atoms with Crippen LogP contribution in [0.4, 0.5) is 24.1 Å². The van der Waals surface area contributed by atoms with Crippen LogP contribution in [0.25, 0.3) is 11.3 Å². The lowest BCUT2D eigenvalue weighted by molar-refractivity contribution is -0.139. The van der Waals surface area contributed by atoms with Crippen LogP contribution >= 0.6 is 11.3 Å². The molecule has 0 spiro atoms. The van der Waals surface area contributed by atoms with Crippen molar-refractivity contribution in [2.24, 2.45) is 0 Å². The van der Waals surface area contributed by atoms with E-state index < -0.39 is 23.6 Å². The molecule has 5 rings (SSSR count). The molecule has 4 heterocycles. The highest BCUT2D eigenvalue weighted by molar-refractivity contribution is 7.16. The molecule has 1 amide bonds. The number of amides is 1. The van der Waals surface area contributed by atoms with Crippen LogP contribution in [-0.4, -0.2) is 94.2 Å². The standard InChI is InChI=1S/C29H34F3N7O4S/c1-3-19-5-4-8-39(19)16-23-26(18-6-7-22(43-2)20(13-18)29(30,31)32)35-28(44-23)36-27(42)21-14-34-24(15-33-21)38-11-9-37(10-12-38)17-25(40)41/h6-7,13-15,19H,3-5,8-12,16-17H2,1-2H3,(H,40,41)(H,35,36,42)/t19-/m1/s1. The monoisotopic (exact) mass is 633 g/mol. The van der Waals surface area contributed by atoms with Gasteiger partial charge in [0.15, 0.2) is 5.13 Å². The van der Waals surface area contributed by atoms with Crippen molar-refractivity contribution in [1.82, 2.24) is 24.8 Å². The van der Waals surface area contributed by atoms with Gasteiger partial charge in [-0.3, -0.25) is 24.7 Å². The fourth-order valence-electron chi connectivity index (χ4n) is 5.65. The fraction of sp³-hybridized carbons (Fsp3) is 0.483. The first-order valence-corrected chi connectivity index (χ1v) is 15.2. The van der Waals surface area contributed by atoms with Gasteiger partial charge >= 0.3 is 12.1 Å². The third kappa shape index (κ3) is 7.27. The summed E-state index contributed by atoms with van der Waals surface area (Å²) in [5, 5.41) is 12.0. The van der Waals surface area contributed by atoms with Gasteiger partial charge in [-0.15, -0.1) is 0 Å². The molecule has 2 aliphatic rings. The zero-order valence-corrected chi connectivity index (χ0v) is 25.2. The number of aliphatic carboxylic acids is 1. The summed E-state index contributed by atoms with van der Waals surface area (Å²) in [7, 11) is 1.20. The molecule has 3 aromatic rings. The minimum Gasteiger partial charge on any atom is -0.496 e. The number of carbonyl (C=O) groups is 2. The number of piperazine rings is 1. The molecule has 1 aromatic carbocycles.